The van der Waals surface area contributed by atoms with Crippen LogP contribution in [0.3, 0.4) is 0 Å². The smallest absolute Gasteiger partial charge is 0.257 e. The van der Waals surface area contributed by atoms with Crippen molar-refractivity contribution in [2.24, 2.45) is 0 Å². The average molecular weight is 327 g/mol. The third kappa shape index (κ3) is 4.02. The van der Waals surface area contributed by atoms with E-state index in [1.54, 1.807) is 12.4 Å². The van der Waals surface area contributed by atoms with Gasteiger partial charge in [0.25, 0.3) is 5.91 Å². The van der Waals surface area contributed by atoms with Gasteiger partial charge in [-0.05, 0) is 37.3 Å². The second-order valence-electron chi connectivity index (χ2n) is 5.44. The molecule has 2 heterocycles. The number of hydrogen-bond acceptors (Lipinski definition) is 5. The summed E-state index contributed by atoms with van der Waals surface area (Å²) in [6, 6.07) is 9.18. The van der Waals surface area contributed by atoms with Crippen LogP contribution in [-0.4, -0.2) is 43.8 Å². The number of benzene rings is 1. The Morgan fingerprint density at radius 3 is 2.71 bits per heavy atom. The molecule has 24 heavy (non-hydrogen) atoms. The second-order valence-corrected chi connectivity index (χ2v) is 5.44. The molecule has 0 saturated carbocycles. The van der Waals surface area contributed by atoms with Crippen LogP contribution in [0.4, 0.5) is 11.4 Å². The summed E-state index contributed by atoms with van der Waals surface area (Å²) in [5.41, 5.74) is 2.20. The molecule has 1 fully saturated rings. The molecule has 126 valence electrons. The maximum absolute atomic E-state index is 12.4. The lowest BCUT2D eigenvalue weighted by Crippen LogP contribution is -2.36. The molecule has 1 aliphatic rings. The number of anilines is 2. The van der Waals surface area contributed by atoms with Crippen molar-refractivity contribution in [1.82, 2.24) is 4.98 Å². The number of hydrogen-bond donors (Lipinski definition) is 1. The summed E-state index contributed by atoms with van der Waals surface area (Å²) in [6.45, 7) is 5.57. The Morgan fingerprint density at radius 1 is 1.25 bits per heavy atom. The predicted molar refractivity (Wildman–Crippen MR) is 92.8 cm³/mol. The zero-order valence-corrected chi connectivity index (χ0v) is 13.7. The molecule has 1 aromatic carbocycles. The number of aromatic nitrogens is 1. The fraction of sp³-hybridized carbons (Fsp3) is 0.333. The molecule has 1 amide bonds. The molecule has 0 unspecified atom stereocenters. The molecular formula is C18H21N3O3. The number of amides is 1. The first-order valence-corrected chi connectivity index (χ1v) is 8.08. The average Bonchev–Trinajstić information content (AvgIpc) is 2.64. The maximum Gasteiger partial charge on any atom is 0.257 e. The molecule has 1 N–H and O–H groups in total. The Hall–Kier alpha value is -2.60. The normalized spacial score (nSPS) is 14.3. The Kier molecular flexibility index (Phi) is 5.28. The zero-order valence-electron chi connectivity index (χ0n) is 13.7. The van der Waals surface area contributed by atoms with E-state index >= 15 is 0 Å². The summed E-state index contributed by atoms with van der Waals surface area (Å²) in [5, 5.41) is 2.88. The van der Waals surface area contributed by atoms with Gasteiger partial charge in [0.05, 0.1) is 37.3 Å². The number of nitrogens with zero attached hydrogens (tertiary/aromatic N) is 2. The van der Waals surface area contributed by atoms with Crippen molar-refractivity contribution in [3.05, 3.63) is 48.3 Å². The molecule has 6 heteroatoms. The fourth-order valence-corrected chi connectivity index (χ4v) is 2.55. The highest BCUT2D eigenvalue weighted by Gasteiger charge is 2.14. The Bertz CT molecular complexity index is 682. The minimum absolute atomic E-state index is 0.179. The highest BCUT2D eigenvalue weighted by atomic mass is 16.5. The summed E-state index contributed by atoms with van der Waals surface area (Å²) in [5.74, 6) is 0.605. The standard InChI is InChI=1S/C18H21N3O3/c1-2-24-17-5-3-15(4-6-17)20-18(22)14-11-16(13-19-12-14)21-7-9-23-10-8-21/h3-6,11-13H,2,7-10H2,1H3,(H,20,22). The van der Waals surface area contributed by atoms with Crippen LogP contribution in [0.1, 0.15) is 17.3 Å². The number of nitrogens with one attached hydrogen (secondary N) is 1. The number of carbonyl (C=O) groups is 1. The van der Waals surface area contributed by atoms with Crippen molar-refractivity contribution < 1.29 is 14.3 Å². The van der Waals surface area contributed by atoms with Crippen molar-refractivity contribution in [2.45, 2.75) is 6.92 Å². The van der Waals surface area contributed by atoms with Gasteiger partial charge >= 0.3 is 0 Å². The third-order valence-corrected chi connectivity index (χ3v) is 3.79. The number of morpholine rings is 1. The van der Waals surface area contributed by atoms with Gasteiger partial charge in [-0.25, -0.2) is 0 Å². The quantitative estimate of drug-likeness (QED) is 0.914. The van der Waals surface area contributed by atoms with Crippen molar-refractivity contribution in [3.8, 4) is 5.75 Å². The SMILES string of the molecule is CCOc1ccc(NC(=O)c2cncc(N3CCOCC3)c2)cc1. The van der Waals surface area contributed by atoms with E-state index in [1.807, 2.05) is 37.3 Å². The summed E-state index contributed by atoms with van der Waals surface area (Å²) < 4.78 is 10.7. The van der Waals surface area contributed by atoms with Crippen LogP contribution in [0, 0.1) is 0 Å². The first-order chi connectivity index (χ1) is 11.8. The van der Waals surface area contributed by atoms with E-state index < -0.39 is 0 Å². The van der Waals surface area contributed by atoms with Crippen molar-refractivity contribution in [3.63, 3.8) is 0 Å². The number of pyridine rings is 1. The van der Waals surface area contributed by atoms with E-state index in [1.165, 1.54) is 0 Å². The third-order valence-electron chi connectivity index (χ3n) is 3.79. The maximum atomic E-state index is 12.4. The van der Waals surface area contributed by atoms with Crippen LogP contribution in [0.25, 0.3) is 0 Å². The number of ether oxygens (including phenoxy) is 2. The summed E-state index contributed by atoms with van der Waals surface area (Å²) in [6.07, 6.45) is 3.35. The van der Waals surface area contributed by atoms with E-state index in [4.69, 9.17) is 9.47 Å². The van der Waals surface area contributed by atoms with Crippen LogP contribution in [-0.2, 0) is 4.74 Å². The molecule has 0 aliphatic carbocycles. The van der Waals surface area contributed by atoms with E-state index in [-0.39, 0.29) is 5.91 Å². The molecule has 0 spiro atoms. The van der Waals surface area contributed by atoms with Gasteiger partial charge in [0.15, 0.2) is 0 Å². The highest BCUT2D eigenvalue weighted by molar-refractivity contribution is 6.04. The lowest BCUT2D eigenvalue weighted by atomic mass is 10.2. The van der Waals surface area contributed by atoms with E-state index in [0.717, 1.165) is 30.2 Å². The zero-order chi connectivity index (χ0) is 16.8. The molecule has 1 aromatic heterocycles. The first kappa shape index (κ1) is 16.3. The molecule has 2 aromatic rings. The van der Waals surface area contributed by atoms with Gasteiger partial charge in [-0.3, -0.25) is 9.78 Å². The molecule has 6 nitrogen and oxygen atoms in total. The second kappa shape index (κ2) is 7.79. The van der Waals surface area contributed by atoms with Gasteiger partial charge in [-0.2, -0.15) is 0 Å². The summed E-state index contributed by atoms with van der Waals surface area (Å²) in [7, 11) is 0. The van der Waals surface area contributed by atoms with Crippen LogP contribution in [0.15, 0.2) is 42.7 Å². The lowest BCUT2D eigenvalue weighted by molar-refractivity contribution is 0.102. The molecule has 0 radical (unpaired) electrons. The number of rotatable bonds is 5. The minimum Gasteiger partial charge on any atom is -0.494 e. The summed E-state index contributed by atoms with van der Waals surface area (Å²) >= 11 is 0. The van der Waals surface area contributed by atoms with Crippen LogP contribution < -0.4 is 15.0 Å². The monoisotopic (exact) mass is 327 g/mol. The largest absolute Gasteiger partial charge is 0.494 e. The van der Waals surface area contributed by atoms with Gasteiger partial charge in [0, 0.05) is 25.0 Å². The minimum atomic E-state index is -0.179. The molecule has 1 saturated heterocycles. The van der Waals surface area contributed by atoms with Gasteiger partial charge in [-0.1, -0.05) is 0 Å². The van der Waals surface area contributed by atoms with Crippen LogP contribution in [0.5, 0.6) is 5.75 Å². The van der Waals surface area contributed by atoms with Gasteiger partial charge in [0.1, 0.15) is 5.75 Å². The van der Waals surface area contributed by atoms with Gasteiger partial charge in [-0.15, -0.1) is 0 Å². The Morgan fingerprint density at radius 2 is 2.00 bits per heavy atom. The molecule has 0 bridgehead atoms. The number of carbonyl (C=O) groups excluding carboxylic acids is 1. The Balaban J connectivity index is 1.68. The van der Waals surface area contributed by atoms with E-state index in [0.29, 0.717) is 25.4 Å². The van der Waals surface area contributed by atoms with Crippen LogP contribution in [0.2, 0.25) is 0 Å². The highest BCUT2D eigenvalue weighted by Crippen LogP contribution is 2.19. The van der Waals surface area contributed by atoms with Crippen LogP contribution >= 0.6 is 0 Å². The molecule has 1 aliphatic heterocycles. The summed E-state index contributed by atoms with van der Waals surface area (Å²) in [4.78, 5) is 18.8. The molecule has 3 rings (SSSR count). The van der Waals surface area contributed by atoms with Crippen molar-refractivity contribution >= 4 is 17.3 Å². The van der Waals surface area contributed by atoms with E-state index in [2.05, 4.69) is 15.2 Å². The Labute approximate surface area is 141 Å². The van der Waals surface area contributed by atoms with Crippen molar-refractivity contribution in [1.29, 1.82) is 0 Å². The van der Waals surface area contributed by atoms with Gasteiger partial charge in [0.2, 0.25) is 0 Å². The topological polar surface area (TPSA) is 63.7 Å². The van der Waals surface area contributed by atoms with Crippen molar-refractivity contribution in [2.75, 3.05) is 43.1 Å². The molecule has 0 atom stereocenters. The lowest BCUT2D eigenvalue weighted by Gasteiger charge is -2.28. The first-order valence-electron chi connectivity index (χ1n) is 8.08. The van der Waals surface area contributed by atoms with Gasteiger partial charge < -0.3 is 19.7 Å². The predicted octanol–water partition coefficient (Wildman–Crippen LogP) is 2.57. The van der Waals surface area contributed by atoms with E-state index in [9.17, 15) is 4.79 Å². The fourth-order valence-electron chi connectivity index (χ4n) is 2.55. The molecular weight excluding hydrogens is 306 g/mol.